The average Bonchev–Trinajstić information content (AvgIpc) is 0.722. The summed E-state index contributed by atoms with van der Waals surface area (Å²) >= 11 is 0. The van der Waals surface area contributed by atoms with Crippen LogP contribution in [0.4, 0.5) is 0 Å². The third-order valence-electron chi connectivity index (χ3n) is 0. The summed E-state index contributed by atoms with van der Waals surface area (Å²) in [5.41, 5.74) is 0. The smallest absolute Gasteiger partial charge is 0.264 e. The van der Waals surface area contributed by atoms with E-state index < -0.39 is 10.4 Å². The molecule has 0 atom stereocenters. The van der Waals surface area contributed by atoms with Crippen LogP contribution in [0.3, 0.4) is 0 Å². The molecule has 0 saturated heterocycles. The van der Waals surface area contributed by atoms with Crippen molar-refractivity contribution in [2.75, 3.05) is 0 Å². The molecule has 0 fully saturated rings. The second kappa shape index (κ2) is 8.64. The number of hydrogen-bond donors (Lipinski definition) is 2. The van der Waals surface area contributed by atoms with Crippen LogP contribution in [-0.2, 0) is 55.2 Å². The van der Waals surface area contributed by atoms with Gasteiger partial charge in [-0.05, 0) is 0 Å². The Kier molecular flexibility index (Phi) is 24.4. The monoisotopic (exact) mass is 438 g/mol. The Bertz CT molecular complexity index is 99.2. The van der Waals surface area contributed by atoms with E-state index in [4.69, 9.17) is 17.5 Å². The van der Waals surface area contributed by atoms with Crippen molar-refractivity contribution in [1.82, 2.24) is 0 Å². The summed E-state index contributed by atoms with van der Waals surface area (Å²) in [4.78, 5) is 0. The first-order valence-corrected chi connectivity index (χ1v) is 2.10. The van der Waals surface area contributed by atoms with Gasteiger partial charge in [-0.25, -0.2) is 0 Å². The molecule has 0 unspecified atom stereocenters. The first kappa shape index (κ1) is 22.6. The summed E-state index contributed by atoms with van der Waals surface area (Å²) in [6.45, 7) is 0. The van der Waals surface area contributed by atoms with Crippen molar-refractivity contribution in [3.8, 4) is 0 Å². The SMILES string of the molecule is Cl.O=S(=O)(O)O.[Ag].[Au]. The molecule has 8 heteroatoms. The van der Waals surface area contributed by atoms with Gasteiger partial charge >= 0.3 is 10.4 Å². The third-order valence-corrected chi connectivity index (χ3v) is 0. The van der Waals surface area contributed by atoms with Crippen molar-refractivity contribution >= 4 is 22.8 Å². The largest absolute Gasteiger partial charge is 0.394 e. The fourth-order valence-electron chi connectivity index (χ4n) is 0. The van der Waals surface area contributed by atoms with Crippen LogP contribution in [0.5, 0.6) is 0 Å². The molecular formula is H3AgAuClO4S. The first-order valence-electron chi connectivity index (χ1n) is 0.698. The van der Waals surface area contributed by atoms with Gasteiger partial charge in [0.25, 0.3) is 0 Å². The van der Waals surface area contributed by atoms with Gasteiger partial charge in [-0.3, -0.25) is 9.11 Å². The third kappa shape index (κ3) is 125. The van der Waals surface area contributed by atoms with Crippen LogP contribution < -0.4 is 0 Å². The van der Waals surface area contributed by atoms with Crippen LogP contribution in [0, 0.1) is 0 Å². The molecular weight excluding hydrogens is 436 g/mol. The minimum Gasteiger partial charge on any atom is -0.264 e. The van der Waals surface area contributed by atoms with Crippen molar-refractivity contribution in [3.05, 3.63) is 0 Å². The van der Waals surface area contributed by atoms with E-state index in [0.717, 1.165) is 0 Å². The van der Waals surface area contributed by atoms with Gasteiger partial charge in [0.2, 0.25) is 0 Å². The molecule has 2 N–H and O–H groups in total. The van der Waals surface area contributed by atoms with Crippen LogP contribution in [0.1, 0.15) is 0 Å². The molecule has 0 amide bonds. The fourth-order valence-corrected chi connectivity index (χ4v) is 0. The van der Waals surface area contributed by atoms with Crippen LogP contribution in [0.25, 0.3) is 0 Å². The molecule has 0 aromatic rings. The molecule has 0 aliphatic rings. The molecule has 0 aliphatic heterocycles. The maximum Gasteiger partial charge on any atom is 0.394 e. The standard InChI is InChI=1S/Ag.Au.ClH.H2O4S/c;;;1-5(2,3)4/h;;1H;(H2,1,2,3,4). The quantitative estimate of drug-likeness (QED) is 0.404. The predicted molar refractivity (Wildman–Crippen MR) is 21.4 cm³/mol. The maximum atomic E-state index is 8.74. The van der Waals surface area contributed by atoms with E-state index in [2.05, 4.69) is 0 Å². The zero-order valence-electron chi connectivity index (χ0n) is 3.13. The maximum absolute atomic E-state index is 8.74. The van der Waals surface area contributed by atoms with Gasteiger partial charge < -0.3 is 0 Å². The van der Waals surface area contributed by atoms with Crippen molar-refractivity contribution in [2.24, 2.45) is 0 Å². The second-order valence-electron chi connectivity index (χ2n) is 0.448. The van der Waals surface area contributed by atoms with Crippen LogP contribution in [0.15, 0.2) is 0 Å². The van der Waals surface area contributed by atoms with Gasteiger partial charge in [-0.1, -0.05) is 0 Å². The Morgan fingerprint density at radius 2 is 1.12 bits per heavy atom. The number of hydrogen-bond acceptors (Lipinski definition) is 2. The number of rotatable bonds is 0. The van der Waals surface area contributed by atoms with Crippen LogP contribution in [-0.4, -0.2) is 17.5 Å². The minimum atomic E-state index is -4.67. The van der Waals surface area contributed by atoms with Crippen molar-refractivity contribution < 1.29 is 62.3 Å². The Morgan fingerprint density at radius 1 is 1.12 bits per heavy atom. The van der Waals surface area contributed by atoms with E-state index in [-0.39, 0.29) is 57.2 Å². The molecule has 4 nitrogen and oxygen atoms in total. The molecule has 0 aliphatic carbocycles. The predicted octanol–water partition coefficient (Wildman–Crippen LogP) is -0.236. The van der Waals surface area contributed by atoms with Gasteiger partial charge in [0.1, 0.15) is 0 Å². The summed E-state index contributed by atoms with van der Waals surface area (Å²) in [6.07, 6.45) is 0. The van der Waals surface area contributed by atoms with Crippen molar-refractivity contribution in [3.63, 3.8) is 0 Å². The normalized spacial score (nSPS) is 7.25. The number of halogens is 1. The topological polar surface area (TPSA) is 74.6 Å². The Balaban J connectivity index is -0.0000000267. The van der Waals surface area contributed by atoms with E-state index in [1.54, 1.807) is 0 Å². The Hall–Kier alpha value is 1.64. The molecule has 0 saturated carbocycles. The van der Waals surface area contributed by atoms with Gasteiger partial charge in [0.15, 0.2) is 0 Å². The summed E-state index contributed by atoms with van der Waals surface area (Å²) in [6, 6.07) is 0. The zero-order chi connectivity index (χ0) is 4.50. The van der Waals surface area contributed by atoms with Crippen molar-refractivity contribution in [2.45, 2.75) is 0 Å². The van der Waals surface area contributed by atoms with Crippen LogP contribution >= 0.6 is 12.4 Å². The summed E-state index contributed by atoms with van der Waals surface area (Å²) < 4.78 is 31.6. The molecule has 0 aromatic carbocycles. The fraction of sp³-hybridized carbons (Fsp3) is 0. The van der Waals surface area contributed by atoms with Gasteiger partial charge in [-0.15, -0.1) is 12.4 Å². The van der Waals surface area contributed by atoms with E-state index in [1.807, 2.05) is 0 Å². The summed E-state index contributed by atoms with van der Waals surface area (Å²) in [7, 11) is -4.67. The molecule has 8 heavy (non-hydrogen) atoms. The first-order chi connectivity index (χ1) is 2.00. The van der Waals surface area contributed by atoms with E-state index in [9.17, 15) is 0 Å². The summed E-state index contributed by atoms with van der Waals surface area (Å²) in [5, 5.41) is 0. The van der Waals surface area contributed by atoms with Gasteiger partial charge in [-0.2, -0.15) is 8.42 Å². The second-order valence-corrected chi connectivity index (χ2v) is 1.34. The zero-order valence-corrected chi connectivity index (χ0v) is 8.41. The van der Waals surface area contributed by atoms with E-state index in [1.165, 1.54) is 0 Å². The molecule has 0 spiro atoms. The van der Waals surface area contributed by atoms with E-state index >= 15 is 0 Å². The Labute approximate surface area is 84.4 Å². The van der Waals surface area contributed by atoms with Crippen molar-refractivity contribution in [1.29, 1.82) is 0 Å². The summed E-state index contributed by atoms with van der Waals surface area (Å²) in [5.74, 6) is 0. The molecule has 0 aromatic heterocycles. The minimum absolute atomic E-state index is 0. The molecule has 0 rings (SSSR count). The van der Waals surface area contributed by atoms with Gasteiger partial charge in [0, 0.05) is 44.8 Å². The molecule has 0 bridgehead atoms. The average molecular weight is 439 g/mol. The van der Waals surface area contributed by atoms with Gasteiger partial charge in [0.05, 0.1) is 0 Å². The molecule has 2 radical (unpaired) electrons. The molecule has 62 valence electrons. The molecule has 0 heterocycles. The Morgan fingerprint density at radius 3 is 1.12 bits per heavy atom. The van der Waals surface area contributed by atoms with E-state index in [0.29, 0.717) is 0 Å². The van der Waals surface area contributed by atoms with Crippen LogP contribution in [0.2, 0.25) is 0 Å².